The number of furan rings is 1. The zero-order chi connectivity index (χ0) is 22.3. The van der Waals surface area contributed by atoms with E-state index in [0.29, 0.717) is 19.0 Å². The highest BCUT2D eigenvalue weighted by Gasteiger charge is 2.35. The highest BCUT2D eigenvalue weighted by atomic mass is 127. The Bertz CT molecular complexity index is 733. The van der Waals surface area contributed by atoms with Crippen LogP contribution in [-0.2, 0) is 11.2 Å². The number of likely N-dealkylation sites (tertiary alicyclic amines) is 1. The number of carbonyl (C=O) groups excluding carboxylic acids is 1. The zero-order valence-electron chi connectivity index (χ0n) is 19.7. The fourth-order valence-electron chi connectivity index (χ4n) is 3.82. The zero-order valence-corrected chi connectivity index (χ0v) is 22.0. The van der Waals surface area contributed by atoms with E-state index in [9.17, 15) is 4.79 Å². The second-order valence-electron chi connectivity index (χ2n) is 9.50. The van der Waals surface area contributed by atoms with Gasteiger partial charge in [0.1, 0.15) is 11.4 Å². The molecule has 0 unspecified atom stereocenters. The third-order valence-electron chi connectivity index (χ3n) is 5.59. The smallest absolute Gasteiger partial charge is 0.410 e. The van der Waals surface area contributed by atoms with Crippen molar-refractivity contribution in [2.45, 2.75) is 64.5 Å². The molecule has 180 valence electrons. The molecule has 1 saturated heterocycles. The minimum atomic E-state index is -0.470. The molecule has 1 aromatic heterocycles. The summed E-state index contributed by atoms with van der Waals surface area (Å²) < 4.78 is 11.1. The molecule has 1 aliphatic carbocycles. The quantitative estimate of drug-likeness (QED) is 0.217. The van der Waals surface area contributed by atoms with E-state index >= 15 is 0 Å². The van der Waals surface area contributed by atoms with Crippen molar-refractivity contribution >= 4 is 36.0 Å². The van der Waals surface area contributed by atoms with Crippen molar-refractivity contribution in [3.05, 3.63) is 36.8 Å². The van der Waals surface area contributed by atoms with Crippen molar-refractivity contribution in [1.29, 1.82) is 0 Å². The van der Waals surface area contributed by atoms with Crippen LogP contribution < -0.4 is 5.32 Å². The molecule has 2 heterocycles. The largest absolute Gasteiger partial charge is 0.469 e. The molecule has 0 aromatic carbocycles. The van der Waals surface area contributed by atoms with Crippen LogP contribution in [0.1, 0.15) is 52.2 Å². The van der Waals surface area contributed by atoms with Crippen molar-refractivity contribution < 1.29 is 13.9 Å². The number of hydrogen-bond acceptors (Lipinski definition) is 4. The van der Waals surface area contributed by atoms with Gasteiger partial charge in [0.2, 0.25) is 0 Å². The molecule has 2 aliphatic rings. The first-order chi connectivity index (χ1) is 14.9. The first-order valence-electron chi connectivity index (χ1n) is 11.5. The van der Waals surface area contributed by atoms with Gasteiger partial charge in [-0.05, 0) is 64.5 Å². The average Bonchev–Trinajstić information content (AvgIpc) is 3.40. The Hall–Kier alpha value is -1.71. The van der Waals surface area contributed by atoms with Crippen LogP contribution in [0.3, 0.4) is 0 Å². The predicted octanol–water partition coefficient (Wildman–Crippen LogP) is 4.68. The van der Waals surface area contributed by atoms with Crippen molar-refractivity contribution in [1.82, 2.24) is 15.1 Å². The van der Waals surface area contributed by atoms with E-state index in [0.717, 1.165) is 50.6 Å². The highest BCUT2D eigenvalue weighted by Crippen LogP contribution is 2.32. The Morgan fingerprint density at radius 1 is 1.34 bits per heavy atom. The van der Waals surface area contributed by atoms with Crippen LogP contribution in [0, 0.1) is 5.92 Å². The molecular weight excluding hydrogens is 519 g/mol. The summed E-state index contributed by atoms with van der Waals surface area (Å²) >= 11 is 0. The normalized spacial score (nSPS) is 17.5. The first-order valence-corrected chi connectivity index (χ1v) is 11.5. The van der Waals surface area contributed by atoms with Crippen LogP contribution in [0.15, 0.2) is 40.5 Å². The molecule has 1 aliphatic heterocycles. The van der Waals surface area contributed by atoms with Gasteiger partial charge >= 0.3 is 6.09 Å². The van der Waals surface area contributed by atoms with Crippen molar-refractivity contribution in [3.8, 4) is 0 Å². The number of aliphatic imine (C=N–C) groups is 1. The number of ether oxygens (including phenoxy) is 1. The molecule has 3 rings (SSSR count). The lowest BCUT2D eigenvalue weighted by molar-refractivity contribution is 0.00929. The van der Waals surface area contributed by atoms with Gasteiger partial charge in [-0.2, -0.15) is 0 Å². The second-order valence-corrected chi connectivity index (χ2v) is 9.50. The summed E-state index contributed by atoms with van der Waals surface area (Å²) in [5.74, 6) is 2.48. The Morgan fingerprint density at radius 2 is 2.06 bits per heavy atom. The third kappa shape index (κ3) is 8.67. The number of piperidine rings is 1. The lowest BCUT2D eigenvalue weighted by atomic mass is 10.0. The average molecular weight is 559 g/mol. The fraction of sp³-hybridized carbons (Fsp3) is 0.667. The maximum absolute atomic E-state index is 12.9. The van der Waals surface area contributed by atoms with Crippen LogP contribution >= 0.6 is 24.0 Å². The SMILES string of the molecule is C=CCNC(=NCCc1ccco1)N1CCC(N(CC2CC2)C(=O)OC(C)(C)C)CC1.I. The molecule has 0 spiro atoms. The number of nitrogens with zero attached hydrogens (tertiary/aromatic N) is 3. The molecule has 1 amide bonds. The fourth-order valence-corrected chi connectivity index (χ4v) is 3.82. The van der Waals surface area contributed by atoms with Crippen LogP contribution in [0.2, 0.25) is 0 Å². The number of rotatable bonds is 8. The van der Waals surface area contributed by atoms with Crippen molar-refractivity contribution in [3.63, 3.8) is 0 Å². The van der Waals surface area contributed by atoms with Crippen LogP contribution in [0.25, 0.3) is 0 Å². The second kappa shape index (κ2) is 12.5. The van der Waals surface area contributed by atoms with Gasteiger partial charge in [0.15, 0.2) is 5.96 Å². The van der Waals surface area contributed by atoms with Crippen LogP contribution in [0.5, 0.6) is 0 Å². The van der Waals surface area contributed by atoms with Crippen molar-refractivity contribution in [2.75, 3.05) is 32.7 Å². The van der Waals surface area contributed by atoms with Gasteiger partial charge in [-0.15, -0.1) is 30.6 Å². The lowest BCUT2D eigenvalue weighted by Crippen LogP contribution is -2.52. The summed E-state index contributed by atoms with van der Waals surface area (Å²) in [6, 6.07) is 4.09. The minimum Gasteiger partial charge on any atom is -0.469 e. The summed E-state index contributed by atoms with van der Waals surface area (Å²) in [6.45, 7) is 13.5. The third-order valence-corrected chi connectivity index (χ3v) is 5.59. The number of amides is 1. The van der Waals surface area contributed by atoms with Gasteiger partial charge in [-0.25, -0.2) is 4.79 Å². The van der Waals surface area contributed by atoms with Crippen LogP contribution in [0.4, 0.5) is 4.79 Å². The summed E-state index contributed by atoms with van der Waals surface area (Å²) in [5, 5.41) is 3.38. The van der Waals surface area contributed by atoms with Gasteiger partial charge < -0.3 is 24.3 Å². The molecule has 1 aromatic rings. The number of carbonyl (C=O) groups is 1. The standard InChI is InChI=1S/C24H38N4O3.HI/c1-5-13-25-22(26-14-10-21-7-6-17-30-21)27-15-11-20(12-16-27)28(18-19-8-9-19)23(29)31-24(2,3)4;/h5-7,17,19-20H,1,8-16,18H2,2-4H3,(H,25,26);1H. The number of guanidine groups is 1. The summed E-state index contributed by atoms with van der Waals surface area (Å²) in [7, 11) is 0. The molecule has 32 heavy (non-hydrogen) atoms. The number of nitrogens with one attached hydrogen (secondary N) is 1. The van der Waals surface area contributed by atoms with E-state index in [4.69, 9.17) is 14.1 Å². The van der Waals surface area contributed by atoms with E-state index in [1.165, 1.54) is 12.8 Å². The van der Waals surface area contributed by atoms with Crippen molar-refractivity contribution in [2.24, 2.45) is 10.9 Å². The van der Waals surface area contributed by atoms with Crippen LogP contribution in [-0.4, -0.2) is 66.2 Å². The number of halogens is 1. The van der Waals surface area contributed by atoms with E-state index in [1.807, 2.05) is 43.9 Å². The predicted molar refractivity (Wildman–Crippen MR) is 139 cm³/mol. The molecule has 2 fully saturated rings. The van der Waals surface area contributed by atoms with E-state index in [2.05, 4.69) is 16.8 Å². The summed E-state index contributed by atoms with van der Waals surface area (Å²) in [5.41, 5.74) is -0.470. The maximum atomic E-state index is 12.9. The maximum Gasteiger partial charge on any atom is 0.410 e. The molecular formula is C24H39IN4O3. The van der Waals surface area contributed by atoms with Gasteiger partial charge in [0.25, 0.3) is 0 Å². The highest BCUT2D eigenvalue weighted by molar-refractivity contribution is 14.0. The molecule has 8 heteroatoms. The molecule has 7 nitrogen and oxygen atoms in total. The minimum absolute atomic E-state index is 0. The summed E-state index contributed by atoms with van der Waals surface area (Å²) in [4.78, 5) is 21.9. The Balaban J connectivity index is 0.00000363. The topological polar surface area (TPSA) is 70.3 Å². The Labute approximate surface area is 209 Å². The van der Waals surface area contributed by atoms with Gasteiger partial charge in [-0.3, -0.25) is 4.99 Å². The van der Waals surface area contributed by atoms with E-state index < -0.39 is 5.60 Å². The first kappa shape index (κ1) is 26.5. The monoisotopic (exact) mass is 558 g/mol. The molecule has 0 atom stereocenters. The molecule has 1 saturated carbocycles. The molecule has 0 radical (unpaired) electrons. The Kier molecular flexibility index (Phi) is 10.4. The van der Waals surface area contributed by atoms with Gasteiger partial charge in [0.05, 0.1) is 6.26 Å². The van der Waals surface area contributed by atoms with E-state index in [1.54, 1.807) is 6.26 Å². The van der Waals surface area contributed by atoms with E-state index in [-0.39, 0.29) is 36.1 Å². The molecule has 0 bridgehead atoms. The van der Waals surface area contributed by atoms with Gasteiger partial charge in [-0.1, -0.05) is 6.08 Å². The van der Waals surface area contributed by atoms with Gasteiger partial charge in [0, 0.05) is 45.2 Å². The number of hydrogen-bond donors (Lipinski definition) is 1. The summed E-state index contributed by atoms with van der Waals surface area (Å²) in [6.07, 6.45) is 8.41. The lowest BCUT2D eigenvalue weighted by Gasteiger charge is -2.40. The molecule has 1 N–H and O–H groups in total. The Morgan fingerprint density at radius 3 is 2.62 bits per heavy atom.